The van der Waals surface area contributed by atoms with Crippen LogP contribution in [0.1, 0.15) is 56.2 Å². The van der Waals surface area contributed by atoms with Gasteiger partial charge in [0.05, 0.1) is 12.3 Å². The van der Waals surface area contributed by atoms with Crippen molar-refractivity contribution in [1.29, 1.82) is 0 Å². The van der Waals surface area contributed by atoms with Crippen LogP contribution < -0.4 is 0 Å². The molecule has 1 aliphatic carbocycles. The molecular weight excluding hydrogens is 200 g/mol. The zero-order valence-electron chi connectivity index (χ0n) is 10.4. The van der Waals surface area contributed by atoms with Crippen molar-refractivity contribution in [3.8, 4) is 0 Å². The van der Waals surface area contributed by atoms with Crippen LogP contribution in [-0.2, 0) is 17.6 Å². The van der Waals surface area contributed by atoms with Gasteiger partial charge in [0.25, 0.3) is 0 Å². The van der Waals surface area contributed by atoms with E-state index in [0.717, 1.165) is 31.9 Å². The van der Waals surface area contributed by atoms with Gasteiger partial charge >= 0.3 is 0 Å². The van der Waals surface area contributed by atoms with Gasteiger partial charge in [0.1, 0.15) is 5.82 Å². The van der Waals surface area contributed by atoms with E-state index in [9.17, 15) is 0 Å². The van der Waals surface area contributed by atoms with Crippen molar-refractivity contribution in [3.05, 3.63) is 17.2 Å². The summed E-state index contributed by atoms with van der Waals surface area (Å²) in [7, 11) is 0. The maximum Gasteiger partial charge on any atom is 0.108 e. The predicted octanol–water partition coefficient (Wildman–Crippen LogP) is 2.82. The third-order valence-corrected chi connectivity index (χ3v) is 3.22. The lowest BCUT2D eigenvalue weighted by Crippen LogP contribution is -2.05. The minimum Gasteiger partial charge on any atom is -0.381 e. The van der Waals surface area contributed by atoms with Crippen LogP contribution >= 0.6 is 0 Å². The lowest BCUT2D eigenvalue weighted by atomic mass is 9.92. The van der Waals surface area contributed by atoms with Crippen LogP contribution in [0, 0.1) is 0 Å². The van der Waals surface area contributed by atoms with Crippen molar-refractivity contribution >= 4 is 0 Å². The van der Waals surface area contributed by atoms with Crippen molar-refractivity contribution in [2.24, 2.45) is 0 Å². The van der Waals surface area contributed by atoms with Gasteiger partial charge < -0.3 is 9.72 Å². The monoisotopic (exact) mass is 222 g/mol. The molecule has 3 heteroatoms. The summed E-state index contributed by atoms with van der Waals surface area (Å²) in [5, 5.41) is 0. The number of ether oxygens (including phenoxy) is 1. The minimum absolute atomic E-state index is 0.630. The Kier molecular flexibility index (Phi) is 3.99. The fourth-order valence-corrected chi connectivity index (χ4v) is 2.33. The van der Waals surface area contributed by atoms with Crippen LogP contribution in [0.15, 0.2) is 0 Å². The summed E-state index contributed by atoms with van der Waals surface area (Å²) in [5.74, 6) is 1.74. The summed E-state index contributed by atoms with van der Waals surface area (Å²) < 4.78 is 5.49. The van der Waals surface area contributed by atoms with Crippen LogP contribution in [0.3, 0.4) is 0 Å². The molecule has 1 unspecified atom stereocenters. The van der Waals surface area contributed by atoms with Crippen LogP contribution in [0.25, 0.3) is 0 Å². The molecule has 1 aromatic rings. The molecule has 0 spiro atoms. The molecule has 0 saturated heterocycles. The number of nitrogens with zero attached hydrogens (tertiary/aromatic N) is 1. The number of hydrogen-bond donors (Lipinski definition) is 1. The lowest BCUT2D eigenvalue weighted by molar-refractivity contribution is 0.136. The van der Waals surface area contributed by atoms with Gasteiger partial charge in [-0.1, -0.05) is 13.8 Å². The van der Waals surface area contributed by atoms with Crippen molar-refractivity contribution in [2.75, 3.05) is 13.2 Å². The van der Waals surface area contributed by atoms with Crippen LogP contribution in [0.5, 0.6) is 0 Å². The van der Waals surface area contributed by atoms with E-state index in [2.05, 4.69) is 18.8 Å². The Labute approximate surface area is 97.6 Å². The summed E-state index contributed by atoms with van der Waals surface area (Å²) >= 11 is 0. The molecule has 0 radical (unpaired) electrons. The number of aromatic nitrogens is 2. The summed E-state index contributed by atoms with van der Waals surface area (Å²) in [4.78, 5) is 8.14. The molecule has 0 bridgehead atoms. The summed E-state index contributed by atoms with van der Waals surface area (Å²) in [6, 6.07) is 0. The number of hydrogen-bond acceptors (Lipinski definition) is 2. The fourth-order valence-electron chi connectivity index (χ4n) is 2.33. The Morgan fingerprint density at radius 1 is 1.44 bits per heavy atom. The smallest absolute Gasteiger partial charge is 0.108 e. The zero-order chi connectivity index (χ0) is 11.4. The van der Waals surface area contributed by atoms with E-state index in [1.807, 2.05) is 0 Å². The highest BCUT2D eigenvalue weighted by Crippen LogP contribution is 2.29. The summed E-state index contributed by atoms with van der Waals surface area (Å²) in [6.45, 7) is 6.05. The van der Waals surface area contributed by atoms with Gasteiger partial charge in [0.2, 0.25) is 0 Å². The SMILES string of the molecule is CCCOCCc1nc2c([nH]1)CCCC2C. The van der Waals surface area contributed by atoms with Crippen molar-refractivity contribution in [1.82, 2.24) is 9.97 Å². The lowest BCUT2D eigenvalue weighted by Gasteiger charge is -2.15. The quantitative estimate of drug-likeness (QED) is 0.778. The predicted molar refractivity (Wildman–Crippen MR) is 64.8 cm³/mol. The van der Waals surface area contributed by atoms with Gasteiger partial charge in [-0.15, -0.1) is 0 Å². The third kappa shape index (κ3) is 2.64. The van der Waals surface area contributed by atoms with E-state index in [-0.39, 0.29) is 0 Å². The maximum absolute atomic E-state index is 5.49. The molecule has 90 valence electrons. The normalized spacial score (nSPS) is 19.8. The largest absolute Gasteiger partial charge is 0.381 e. The molecule has 2 rings (SSSR count). The first-order valence-corrected chi connectivity index (χ1v) is 6.46. The number of fused-ring (bicyclic) bond motifs is 1. The Bertz CT molecular complexity index is 333. The van der Waals surface area contributed by atoms with Gasteiger partial charge in [0.15, 0.2) is 0 Å². The van der Waals surface area contributed by atoms with Crippen molar-refractivity contribution in [3.63, 3.8) is 0 Å². The number of nitrogens with one attached hydrogen (secondary N) is 1. The fraction of sp³-hybridized carbons (Fsp3) is 0.769. The zero-order valence-corrected chi connectivity index (χ0v) is 10.4. The van der Waals surface area contributed by atoms with Gasteiger partial charge in [-0.25, -0.2) is 4.98 Å². The first-order chi connectivity index (χ1) is 7.81. The Hall–Kier alpha value is -0.830. The average molecular weight is 222 g/mol. The summed E-state index contributed by atoms with van der Waals surface area (Å²) in [6.07, 6.45) is 5.75. The minimum atomic E-state index is 0.630. The van der Waals surface area contributed by atoms with Crippen molar-refractivity contribution < 1.29 is 4.74 Å². The van der Waals surface area contributed by atoms with E-state index >= 15 is 0 Å². The van der Waals surface area contributed by atoms with E-state index in [1.165, 1.54) is 30.7 Å². The highest BCUT2D eigenvalue weighted by molar-refractivity contribution is 5.21. The first-order valence-electron chi connectivity index (χ1n) is 6.46. The van der Waals surface area contributed by atoms with Gasteiger partial charge in [-0.2, -0.15) is 0 Å². The van der Waals surface area contributed by atoms with Gasteiger partial charge in [0, 0.05) is 24.6 Å². The topological polar surface area (TPSA) is 37.9 Å². The molecule has 16 heavy (non-hydrogen) atoms. The second kappa shape index (κ2) is 5.48. The van der Waals surface area contributed by atoms with E-state index in [1.54, 1.807) is 0 Å². The number of rotatable bonds is 5. The van der Waals surface area contributed by atoms with Gasteiger partial charge in [-0.3, -0.25) is 0 Å². The molecule has 0 fully saturated rings. The molecule has 1 N–H and O–H groups in total. The van der Waals surface area contributed by atoms with E-state index in [4.69, 9.17) is 9.72 Å². The maximum atomic E-state index is 5.49. The molecule has 1 heterocycles. The second-order valence-electron chi connectivity index (χ2n) is 4.70. The Balaban J connectivity index is 1.91. The number of aryl methyl sites for hydroxylation is 1. The van der Waals surface area contributed by atoms with E-state index in [0.29, 0.717) is 5.92 Å². The third-order valence-electron chi connectivity index (χ3n) is 3.22. The molecular formula is C13H22N2O. The first kappa shape index (κ1) is 11.6. The van der Waals surface area contributed by atoms with Crippen LogP contribution in [0.2, 0.25) is 0 Å². The number of imidazole rings is 1. The van der Waals surface area contributed by atoms with Crippen molar-refractivity contribution in [2.45, 2.75) is 51.9 Å². The highest BCUT2D eigenvalue weighted by atomic mass is 16.5. The Morgan fingerprint density at radius 2 is 2.31 bits per heavy atom. The van der Waals surface area contributed by atoms with Crippen LogP contribution in [0.4, 0.5) is 0 Å². The van der Waals surface area contributed by atoms with Gasteiger partial charge in [-0.05, 0) is 25.7 Å². The molecule has 0 amide bonds. The molecule has 3 nitrogen and oxygen atoms in total. The molecule has 0 aromatic carbocycles. The van der Waals surface area contributed by atoms with Crippen LogP contribution in [-0.4, -0.2) is 23.2 Å². The number of H-pyrrole nitrogens is 1. The van der Waals surface area contributed by atoms with E-state index < -0.39 is 0 Å². The average Bonchev–Trinajstić information content (AvgIpc) is 2.69. The summed E-state index contributed by atoms with van der Waals surface area (Å²) in [5.41, 5.74) is 2.67. The molecule has 0 aliphatic heterocycles. The molecule has 1 atom stereocenters. The molecule has 1 aliphatic rings. The molecule has 1 aromatic heterocycles. The standard InChI is InChI=1S/C13H22N2O/c1-3-8-16-9-7-12-14-11-6-4-5-10(2)13(11)15-12/h10H,3-9H2,1-2H3,(H,14,15). The highest BCUT2D eigenvalue weighted by Gasteiger charge is 2.20. The molecule has 0 saturated carbocycles. The Morgan fingerprint density at radius 3 is 3.06 bits per heavy atom. The number of aromatic amines is 1. The second-order valence-corrected chi connectivity index (χ2v) is 4.70.